The maximum atomic E-state index is 11.2. The molecule has 1 rings (SSSR count). The molecule has 0 unspecified atom stereocenters. The van der Waals surface area contributed by atoms with Crippen molar-refractivity contribution in [3.8, 4) is 0 Å². The molecule has 0 aliphatic heterocycles. The Kier molecular flexibility index (Phi) is 4.06. The summed E-state index contributed by atoms with van der Waals surface area (Å²) in [5, 5.41) is 5.79. The Bertz CT molecular complexity index is 391. The van der Waals surface area contributed by atoms with E-state index in [2.05, 4.69) is 10.5 Å². The van der Waals surface area contributed by atoms with E-state index in [1.165, 1.54) is 0 Å². The zero-order chi connectivity index (χ0) is 12.2. The summed E-state index contributed by atoms with van der Waals surface area (Å²) in [7, 11) is 0. The number of carbonyl (C=O) groups excluding carboxylic acids is 1. The summed E-state index contributed by atoms with van der Waals surface area (Å²) in [4.78, 5) is 12.4. The van der Waals surface area contributed by atoms with Gasteiger partial charge in [0, 0.05) is 10.4 Å². The van der Waals surface area contributed by atoms with Gasteiger partial charge in [-0.05, 0) is 39.1 Å². The number of rotatable bonds is 2. The highest BCUT2D eigenvalue weighted by Crippen LogP contribution is 2.12. The van der Waals surface area contributed by atoms with E-state index in [1.54, 1.807) is 38.3 Å². The lowest BCUT2D eigenvalue weighted by Crippen LogP contribution is -2.29. The third kappa shape index (κ3) is 4.44. The highest BCUT2D eigenvalue weighted by molar-refractivity contribution is 7.10. The number of ether oxygens (including phenoxy) is 1. The average Bonchev–Trinajstić information content (AvgIpc) is 2.48. The maximum absolute atomic E-state index is 11.2. The number of aryl methyl sites for hydroxylation is 1. The van der Waals surface area contributed by atoms with Gasteiger partial charge in [0.05, 0.1) is 6.21 Å². The van der Waals surface area contributed by atoms with Gasteiger partial charge >= 0.3 is 6.09 Å². The third-order valence-electron chi connectivity index (χ3n) is 1.66. The van der Waals surface area contributed by atoms with Gasteiger partial charge < -0.3 is 4.74 Å². The topological polar surface area (TPSA) is 50.7 Å². The molecule has 0 radical (unpaired) electrons. The molecule has 0 saturated carbocycles. The molecule has 0 fully saturated rings. The predicted octanol–water partition coefficient (Wildman–Crippen LogP) is 2.92. The van der Waals surface area contributed by atoms with Crippen molar-refractivity contribution in [3.63, 3.8) is 0 Å². The monoisotopic (exact) mass is 240 g/mol. The van der Waals surface area contributed by atoms with Gasteiger partial charge in [-0.15, -0.1) is 11.3 Å². The summed E-state index contributed by atoms with van der Waals surface area (Å²) < 4.78 is 5.03. The van der Waals surface area contributed by atoms with Gasteiger partial charge in [0.25, 0.3) is 0 Å². The summed E-state index contributed by atoms with van der Waals surface area (Å²) >= 11 is 1.64. The first kappa shape index (κ1) is 12.7. The Morgan fingerprint density at radius 1 is 1.56 bits per heavy atom. The van der Waals surface area contributed by atoms with Crippen molar-refractivity contribution in [1.29, 1.82) is 0 Å². The van der Waals surface area contributed by atoms with Gasteiger partial charge in [-0.1, -0.05) is 0 Å². The Morgan fingerprint density at radius 2 is 2.25 bits per heavy atom. The van der Waals surface area contributed by atoms with E-state index in [0.29, 0.717) is 0 Å². The van der Waals surface area contributed by atoms with Crippen molar-refractivity contribution in [3.05, 3.63) is 21.9 Å². The first-order chi connectivity index (χ1) is 7.38. The van der Waals surface area contributed by atoms with Gasteiger partial charge in [0.1, 0.15) is 5.60 Å². The van der Waals surface area contributed by atoms with Crippen LogP contribution < -0.4 is 5.43 Å². The lowest BCUT2D eigenvalue weighted by molar-refractivity contribution is 0.0529. The van der Waals surface area contributed by atoms with Gasteiger partial charge in [0.2, 0.25) is 0 Å². The Labute approximate surface area is 99.3 Å². The molecule has 0 aliphatic rings. The normalized spacial score (nSPS) is 11.8. The highest BCUT2D eigenvalue weighted by Gasteiger charge is 2.15. The van der Waals surface area contributed by atoms with E-state index in [1.807, 2.05) is 18.4 Å². The second-order valence-electron chi connectivity index (χ2n) is 4.30. The van der Waals surface area contributed by atoms with Gasteiger partial charge in [-0.3, -0.25) is 0 Å². The number of amides is 1. The number of hydrazone groups is 1. The molecule has 88 valence electrons. The van der Waals surface area contributed by atoms with E-state index in [0.717, 1.165) is 10.4 Å². The molecule has 0 aliphatic carbocycles. The van der Waals surface area contributed by atoms with Crippen LogP contribution in [0.4, 0.5) is 4.79 Å². The predicted molar refractivity (Wildman–Crippen MR) is 66.0 cm³/mol. The molecule has 1 amide bonds. The van der Waals surface area contributed by atoms with Crippen LogP contribution in [0.15, 0.2) is 16.5 Å². The standard InChI is InChI=1S/C11H16N2O2S/c1-8-9(5-6-16-8)7-12-13-10(14)15-11(2,3)4/h5-7H,1-4H3,(H,13,14)/b12-7-. The molecule has 4 nitrogen and oxygen atoms in total. The minimum absolute atomic E-state index is 0.502. The van der Waals surface area contributed by atoms with Crippen LogP contribution in [0.1, 0.15) is 31.2 Å². The lowest BCUT2D eigenvalue weighted by atomic mass is 10.2. The zero-order valence-electron chi connectivity index (χ0n) is 9.90. The zero-order valence-corrected chi connectivity index (χ0v) is 10.7. The molecule has 1 heterocycles. The van der Waals surface area contributed by atoms with E-state index >= 15 is 0 Å². The van der Waals surface area contributed by atoms with E-state index in [9.17, 15) is 4.79 Å². The Morgan fingerprint density at radius 3 is 2.75 bits per heavy atom. The number of hydrogen-bond acceptors (Lipinski definition) is 4. The smallest absolute Gasteiger partial charge is 0.428 e. The first-order valence-electron chi connectivity index (χ1n) is 4.94. The van der Waals surface area contributed by atoms with Crippen LogP contribution in [0.3, 0.4) is 0 Å². The summed E-state index contributed by atoms with van der Waals surface area (Å²) in [6.07, 6.45) is 1.06. The fraction of sp³-hybridized carbons (Fsp3) is 0.455. The van der Waals surface area contributed by atoms with Crippen LogP contribution in [0, 0.1) is 6.92 Å². The Hall–Kier alpha value is -1.36. The fourth-order valence-corrected chi connectivity index (χ4v) is 1.66. The highest BCUT2D eigenvalue weighted by atomic mass is 32.1. The van der Waals surface area contributed by atoms with Crippen LogP contribution >= 0.6 is 11.3 Å². The van der Waals surface area contributed by atoms with Gasteiger partial charge in [-0.25, -0.2) is 10.2 Å². The van der Waals surface area contributed by atoms with Crippen LogP contribution in [-0.2, 0) is 4.74 Å². The van der Waals surface area contributed by atoms with Crippen molar-refractivity contribution in [1.82, 2.24) is 5.43 Å². The minimum Gasteiger partial charge on any atom is -0.443 e. The van der Waals surface area contributed by atoms with Crippen LogP contribution in [0.5, 0.6) is 0 Å². The average molecular weight is 240 g/mol. The minimum atomic E-state index is -0.545. The molecule has 0 bridgehead atoms. The van der Waals surface area contributed by atoms with Crippen molar-refractivity contribution >= 4 is 23.6 Å². The van der Waals surface area contributed by atoms with Crippen LogP contribution in [-0.4, -0.2) is 17.9 Å². The summed E-state index contributed by atoms with van der Waals surface area (Å²) in [6, 6.07) is 1.94. The van der Waals surface area contributed by atoms with E-state index in [4.69, 9.17) is 4.74 Å². The quantitative estimate of drug-likeness (QED) is 0.638. The molecule has 1 aromatic rings. The molecule has 1 N–H and O–H groups in total. The fourth-order valence-electron chi connectivity index (χ4n) is 0.984. The lowest BCUT2D eigenvalue weighted by Gasteiger charge is -2.18. The first-order valence-corrected chi connectivity index (χ1v) is 5.82. The molecule has 5 heteroatoms. The number of nitrogens with one attached hydrogen (secondary N) is 1. The van der Waals surface area contributed by atoms with Crippen molar-refractivity contribution in [2.45, 2.75) is 33.3 Å². The molecule has 1 aromatic heterocycles. The summed E-state index contributed by atoms with van der Waals surface area (Å²) in [5.41, 5.74) is 2.82. The Balaban J connectivity index is 2.44. The number of carbonyl (C=O) groups is 1. The summed E-state index contributed by atoms with van der Waals surface area (Å²) in [6.45, 7) is 7.41. The van der Waals surface area contributed by atoms with Crippen LogP contribution in [0.2, 0.25) is 0 Å². The molecule has 0 aromatic carbocycles. The van der Waals surface area contributed by atoms with Crippen molar-refractivity contribution in [2.24, 2.45) is 5.10 Å². The number of nitrogens with zero attached hydrogens (tertiary/aromatic N) is 1. The molecule has 0 atom stereocenters. The summed E-state index contributed by atoms with van der Waals surface area (Å²) in [5.74, 6) is 0. The molecule has 16 heavy (non-hydrogen) atoms. The number of hydrogen-bond donors (Lipinski definition) is 1. The molecular formula is C11H16N2O2S. The second-order valence-corrected chi connectivity index (χ2v) is 5.42. The molecule has 0 spiro atoms. The van der Waals surface area contributed by atoms with Crippen molar-refractivity contribution < 1.29 is 9.53 Å². The SMILES string of the molecule is Cc1sccc1/C=N\NC(=O)OC(C)(C)C. The largest absolute Gasteiger partial charge is 0.443 e. The maximum Gasteiger partial charge on any atom is 0.428 e. The number of thiophene rings is 1. The molecular weight excluding hydrogens is 224 g/mol. The van der Waals surface area contributed by atoms with Crippen molar-refractivity contribution in [2.75, 3.05) is 0 Å². The van der Waals surface area contributed by atoms with Gasteiger partial charge in [0.15, 0.2) is 0 Å². The van der Waals surface area contributed by atoms with Gasteiger partial charge in [-0.2, -0.15) is 5.10 Å². The molecule has 0 saturated heterocycles. The van der Waals surface area contributed by atoms with E-state index < -0.39 is 11.7 Å². The second kappa shape index (κ2) is 5.12. The third-order valence-corrected chi connectivity index (χ3v) is 2.52. The van der Waals surface area contributed by atoms with Crippen LogP contribution in [0.25, 0.3) is 0 Å². The van der Waals surface area contributed by atoms with E-state index in [-0.39, 0.29) is 0 Å².